The number of nitrogens with zero attached hydrogens (tertiary/aromatic N) is 2. The first-order valence-electron chi connectivity index (χ1n) is 8.26. The maximum Gasteiger partial charge on any atom is 0.196 e. The van der Waals surface area contributed by atoms with Crippen molar-refractivity contribution in [1.82, 2.24) is 10.3 Å². The van der Waals surface area contributed by atoms with E-state index >= 15 is 0 Å². The van der Waals surface area contributed by atoms with E-state index < -0.39 is 0 Å². The third-order valence-electron chi connectivity index (χ3n) is 3.65. The molecule has 0 unspecified atom stereocenters. The molecule has 0 saturated carbocycles. The third-order valence-corrected chi connectivity index (χ3v) is 4.57. The van der Waals surface area contributed by atoms with Crippen LogP contribution >= 0.6 is 35.3 Å². The molecule has 4 nitrogen and oxygen atoms in total. The molecule has 2 aromatic carbocycles. The van der Waals surface area contributed by atoms with E-state index in [1.54, 1.807) is 11.3 Å². The fourth-order valence-electron chi connectivity index (χ4n) is 2.30. The minimum absolute atomic E-state index is 0. The number of hydrogen-bond donors (Lipinski definition) is 2. The van der Waals surface area contributed by atoms with Crippen LogP contribution in [0.4, 0.5) is 5.69 Å². The van der Waals surface area contributed by atoms with Crippen LogP contribution in [0.25, 0.3) is 0 Å². The zero-order chi connectivity index (χ0) is 17.5. The molecule has 0 aliphatic heterocycles. The Morgan fingerprint density at radius 3 is 2.42 bits per heavy atom. The Morgan fingerprint density at radius 1 is 1.04 bits per heavy atom. The van der Waals surface area contributed by atoms with Crippen LogP contribution in [0.2, 0.25) is 0 Å². The van der Waals surface area contributed by atoms with Crippen LogP contribution in [0, 0.1) is 13.8 Å². The number of para-hydroxylation sites is 1. The van der Waals surface area contributed by atoms with Crippen molar-refractivity contribution in [3.8, 4) is 0 Å². The van der Waals surface area contributed by atoms with Gasteiger partial charge in [0.2, 0.25) is 0 Å². The van der Waals surface area contributed by atoms with Crippen molar-refractivity contribution in [2.75, 3.05) is 5.32 Å². The van der Waals surface area contributed by atoms with Gasteiger partial charge in [-0.3, -0.25) is 0 Å². The van der Waals surface area contributed by atoms with E-state index in [4.69, 9.17) is 4.99 Å². The number of anilines is 1. The number of benzene rings is 2. The molecule has 0 fully saturated rings. The van der Waals surface area contributed by atoms with E-state index in [1.807, 2.05) is 36.5 Å². The summed E-state index contributed by atoms with van der Waals surface area (Å²) < 4.78 is 0. The van der Waals surface area contributed by atoms with E-state index in [0.717, 1.165) is 16.7 Å². The highest BCUT2D eigenvalue weighted by molar-refractivity contribution is 14.0. The number of aromatic nitrogens is 1. The van der Waals surface area contributed by atoms with Gasteiger partial charge in [0.1, 0.15) is 5.01 Å². The number of hydrogen-bond acceptors (Lipinski definition) is 3. The van der Waals surface area contributed by atoms with Crippen LogP contribution in [0.3, 0.4) is 0 Å². The van der Waals surface area contributed by atoms with E-state index in [0.29, 0.717) is 13.1 Å². The summed E-state index contributed by atoms with van der Waals surface area (Å²) in [4.78, 5) is 10.3. The number of rotatable bonds is 5. The summed E-state index contributed by atoms with van der Waals surface area (Å²) in [7, 11) is 0. The first kappa shape index (κ1) is 20.4. The summed E-state index contributed by atoms with van der Waals surface area (Å²) in [5.41, 5.74) is 3.45. The van der Waals surface area contributed by atoms with Gasteiger partial charge in [0.15, 0.2) is 5.96 Å². The Morgan fingerprint density at radius 2 is 1.77 bits per heavy atom. The SMILES string of the molecule is Cc1ccc(CN=C(NCc2ncc(C)s2)Nc2ccccc2)cc1.I. The summed E-state index contributed by atoms with van der Waals surface area (Å²) in [6, 6.07) is 18.5. The van der Waals surface area contributed by atoms with Crippen molar-refractivity contribution in [2.45, 2.75) is 26.9 Å². The molecule has 3 aromatic rings. The highest BCUT2D eigenvalue weighted by Gasteiger charge is 2.03. The lowest BCUT2D eigenvalue weighted by atomic mass is 10.1. The predicted octanol–water partition coefficient (Wildman–Crippen LogP) is 5.14. The van der Waals surface area contributed by atoms with Gasteiger partial charge in [-0.05, 0) is 31.5 Å². The normalized spacial score (nSPS) is 10.9. The monoisotopic (exact) mass is 478 g/mol. The van der Waals surface area contributed by atoms with Crippen molar-refractivity contribution in [3.63, 3.8) is 0 Å². The number of nitrogens with one attached hydrogen (secondary N) is 2. The van der Waals surface area contributed by atoms with Crippen molar-refractivity contribution >= 4 is 47.0 Å². The quantitative estimate of drug-likeness (QED) is 0.304. The van der Waals surface area contributed by atoms with Crippen LogP contribution in [-0.2, 0) is 13.1 Å². The molecule has 0 radical (unpaired) electrons. The molecule has 3 rings (SSSR count). The van der Waals surface area contributed by atoms with Gasteiger partial charge in [0.25, 0.3) is 0 Å². The molecule has 0 aliphatic rings. The van der Waals surface area contributed by atoms with Gasteiger partial charge in [0, 0.05) is 16.8 Å². The van der Waals surface area contributed by atoms with Gasteiger partial charge in [-0.2, -0.15) is 0 Å². The Kier molecular flexibility index (Phi) is 8.06. The van der Waals surface area contributed by atoms with Crippen molar-refractivity contribution < 1.29 is 0 Å². The largest absolute Gasteiger partial charge is 0.350 e. The number of thiazole rings is 1. The lowest BCUT2D eigenvalue weighted by Gasteiger charge is -2.12. The van der Waals surface area contributed by atoms with Gasteiger partial charge < -0.3 is 10.6 Å². The van der Waals surface area contributed by atoms with E-state index in [-0.39, 0.29) is 24.0 Å². The molecule has 0 amide bonds. The van der Waals surface area contributed by atoms with Crippen molar-refractivity contribution in [1.29, 1.82) is 0 Å². The highest BCUT2D eigenvalue weighted by Crippen LogP contribution is 2.11. The lowest BCUT2D eigenvalue weighted by molar-refractivity contribution is 0.881. The molecule has 1 aromatic heterocycles. The fraction of sp³-hybridized carbons (Fsp3) is 0.200. The summed E-state index contributed by atoms with van der Waals surface area (Å²) in [6.45, 7) is 5.44. The standard InChI is InChI=1S/C20H22N4S.HI/c1-15-8-10-17(11-9-15)13-22-20(24-18-6-4-3-5-7-18)23-14-19-21-12-16(2)25-19;/h3-12H,13-14H2,1-2H3,(H2,22,23,24);1H. The van der Waals surface area contributed by atoms with Gasteiger partial charge in [-0.25, -0.2) is 9.98 Å². The fourth-order valence-corrected chi connectivity index (χ4v) is 3.03. The highest BCUT2D eigenvalue weighted by atomic mass is 127. The first-order valence-corrected chi connectivity index (χ1v) is 9.08. The molecule has 6 heteroatoms. The Bertz CT molecular complexity index is 829. The second kappa shape index (κ2) is 10.3. The molecular weight excluding hydrogens is 455 g/mol. The first-order chi connectivity index (χ1) is 12.2. The number of halogens is 1. The van der Waals surface area contributed by atoms with Gasteiger partial charge >= 0.3 is 0 Å². The molecule has 136 valence electrons. The molecule has 0 saturated heterocycles. The maximum atomic E-state index is 4.71. The Labute approximate surface area is 175 Å². The van der Waals surface area contributed by atoms with Crippen LogP contribution in [0.15, 0.2) is 65.8 Å². The summed E-state index contributed by atoms with van der Waals surface area (Å²) >= 11 is 1.70. The second-order valence-corrected chi connectivity index (χ2v) is 7.18. The topological polar surface area (TPSA) is 49.3 Å². The number of guanidine groups is 1. The molecule has 0 atom stereocenters. The molecule has 0 spiro atoms. The van der Waals surface area contributed by atoms with Gasteiger partial charge in [-0.1, -0.05) is 48.0 Å². The maximum absolute atomic E-state index is 4.71. The molecule has 0 aliphatic carbocycles. The summed E-state index contributed by atoms with van der Waals surface area (Å²) in [6.07, 6.45) is 1.90. The number of aryl methyl sites for hydroxylation is 2. The Balaban J connectivity index is 0.00000243. The van der Waals surface area contributed by atoms with E-state index in [1.165, 1.54) is 16.0 Å². The van der Waals surface area contributed by atoms with Gasteiger partial charge in [0.05, 0.1) is 13.1 Å². The molecule has 2 N–H and O–H groups in total. The molecule has 0 bridgehead atoms. The average Bonchev–Trinajstić information content (AvgIpc) is 3.05. The van der Waals surface area contributed by atoms with E-state index in [2.05, 4.69) is 53.7 Å². The van der Waals surface area contributed by atoms with Crippen LogP contribution < -0.4 is 10.6 Å². The summed E-state index contributed by atoms with van der Waals surface area (Å²) in [5.74, 6) is 0.750. The van der Waals surface area contributed by atoms with Crippen molar-refractivity contribution in [3.05, 3.63) is 81.8 Å². The summed E-state index contributed by atoms with van der Waals surface area (Å²) in [5, 5.41) is 7.77. The minimum atomic E-state index is 0. The smallest absolute Gasteiger partial charge is 0.196 e. The van der Waals surface area contributed by atoms with Crippen LogP contribution in [0.1, 0.15) is 21.0 Å². The zero-order valence-corrected chi connectivity index (χ0v) is 18.0. The number of aliphatic imine (C=N–C) groups is 1. The second-order valence-electron chi connectivity index (χ2n) is 5.86. The third kappa shape index (κ3) is 6.42. The average molecular weight is 478 g/mol. The predicted molar refractivity (Wildman–Crippen MR) is 121 cm³/mol. The molecular formula is C20H23IN4S. The Hall–Kier alpha value is -1.93. The minimum Gasteiger partial charge on any atom is -0.350 e. The van der Waals surface area contributed by atoms with E-state index in [9.17, 15) is 0 Å². The van der Waals surface area contributed by atoms with Gasteiger partial charge in [-0.15, -0.1) is 35.3 Å². The molecule has 26 heavy (non-hydrogen) atoms. The van der Waals surface area contributed by atoms with Crippen LogP contribution in [0.5, 0.6) is 0 Å². The van der Waals surface area contributed by atoms with Crippen molar-refractivity contribution in [2.24, 2.45) is 4.99 Å². The van der Waals surface area contributed by atoms with Crippen LogP contribution in [-0.4, -0.2) is 10.9 Å². The molecule has 1 heterocycles. The zero-order valence-electron chi connectivity index (χ0n) is 14.9. The lowest BCUT2D eigenvalue weighted by Crippen LogP contribution is -2.30.